The summed E-state index contributed by atoms with van der Waals surface area (Å²) in [5, 5.41) is 3.42. The minimum absolute atomic E-state index is 0.208. The molecular weight excluding hydrogens is 272 g/mol. The van der Waals surface area contributed by atoms with Crippen molar-refractivity contribution in [3.05, 3.63) is 18.2 Å². The SMILES string of the molecule is CC1CCC(Nc2cccc(S(C)(=O)=O)c2N)CC1C. The molecule has 1 aliphatic carbocycles. The highest BCUT2D eigenvalue weighted by Crippen LogP contribution is 2.33. The summed E-state index contributed by atoms with van der Waals surface area (Å²) in [7, 11) is -3.28. The van der Waals surface area contributed by atoms with Crippen LogP contribution in [0.15, 0.2) is 23.1 Å². The average molecular weight is 296 g/mol. The van der Waals surface area contributed by atoms with E-state index in [0.717, 1.165) is 24.4 Å². The van der Waals surface area contributed by atoms with E-state index >= 15 is 0 Å². The van der Waals surface area contributed by atoms with Crippen molar-refractivity contribution in [2.75, 3.05) is 17.3 Å². The maximum atomic E-state index is 11.7. The molecular formula is C15H24N2O2S. The number of rotatable bonds is 3. The Balaban J connectivity index is 2.19. The van der Waals surface area contributed by atoms with Gasteiger partial charge < -0.3 is 11.1 Å². The maximum absolute atomic E-state index is 11.7. The Bertz CT molecular complexity index is 584. The van der Waals surface area contributed by atoms with Crippen molar-refractivity contribution in [3.63, 3.8) is 0 Å². The van der Waals surface area contributed by atoms with Gasteiger partial charge in [-0.15, -0.1) is 0 Å². The lowest BCUT2D eigenvalue weighted by atomic mass is 9.79. The van der Waals surface area contributed by atoms with Gasteiger partial charge in [0.25, 0.3) is 0 Å². The van der Waals surface area contributed by atoms with E-state index in [-0.39, 0.29) is 4.90 Å². The standard InChI is InChI=1S/C15H24N2O2S/c1-10-7-8-12(9-11(10)2)17-13-5-4-6-14(15(13)16)20(3,18)19/h4-6,10-12,17H,7-9,16H2,1-3H3. The highest BCUT2D eigenvalue weighted by molar-refractivity contribution is 7.90. The van der Waals surface area contributed by atoms with Crippen LogP contribution in [-0.4, -0.2) is 20.7 Å². The van der Waals surface area contributed by atoms with Crippen molar-refractivity contribution in [2.24, 2.45) is 11.8 Å². The average Bonchev–Trinajstić information content (AvgIpc) is 2.35. The zero-order valence-corrected chi connectivity index (χ0v) is 13.2. The molecule has 1 aromatic carbocycles. The van der Waals surface area contributed by atoms with E-state index in [2.05, 4.69) is 19.2 Å². The summed E-state index contributed by atoms with van der Waals surface area (Å²) in [6.45, 7) is 4.56. The molecule has 1 aliphatic rings. The van der Waals surface area contributed by atoms with Gasteiger partial charge in [0.2, 0.25) is 0 Å². The van der Waals surface area contributed by atoms with Crippen LogP contribution in [0.2, 0.25) is 0 Å². The Hall–Kier alpha value is -1.23. The summed E-state index contributed by atoms with van der Waals surface area (Å²) in [5.74, 6) is 1.44. The number of nitrogens with one attached hydrogen (secondary N) is 1. The fourth-order valence-corrected chi connectivity index (χ4v) is 3.73. The van der Waals surface area contributed by atoms with Crippen LogP contribution in [0.5, 0.6) is 0 Å². The molecule has 112 valence electrons. The molecule has 1 fully saturated rings. The molecule has 0 heterocycles. The monoisotopic (exact) mass is 296 g/mol. The number of nitrogens with two attached hydrogens (primary N) is 1. The molecule has 0 radical (unpaired) electrons. The number of hydrogen-bond donors (Lipinski definition) is 2. The van der Waals surface area contributed by atoms with E-state index in [1.807, 2.05) is 6.07 Å². The predicted molar refractivity (Wildman–Crippen MR) is 83.6 cm³/mol. The van der Waals surface area contributed by atoms with Crippen LogP contribution in [0.4, 0.5) is 11.4 Å². The van der Waals surface area contributed by atoms with Crippen LogP contribution < -0.4 is 11.1 Å². The van der Waals surface area contributed by atoms with Gasteiger partial charge in [-0.05, 0) is 43.2 Å². The Labute approximate surface area is 121 Å². The van der Waals surface area contributed by atoms with Crippen LogP contribution in [0.1, 0.15) is 33.1 Å². The highest BCUT2D eigenvalue weighted by Gasteiger charge is 2.25. The summed E-state index contributed by atoms with van der Waals surface area (Å²) in [6.07, 6.45) is 4.59. The third-order valence-electron chi connectivity index (χ3n) is 4.42. The van der Waals surface area contributed by atoms with E-state index in [1.165, 1.54) is 12.7 Å². The quantitative estimate of drug-likeness (QED) is 0.841. The summed E-state index contributed by atoms with van der Waals surface area (Å²) in [6, 6.07) is 5.52. The summed E-state index contributed by atoms with van der Waals surface area (Å²) in [5.41, 5.74) is 7.08. The van der Waals surface area contributed by atoms with Gasteiger partial charge in [-0.2, -0.15) is 0 Å². The molecule has 2 rings (SSSR count). The minimum atomic E-state index is -3.28. The molecule has 3 unspecified atom stereocenters. The fourth-order valence-electron chi connectivity index (χ4n) is 2.89. The van der Waals surface area contributed by atoms with Gasteiger partial charge in [0, 0.05) is 12.3 Å². The second kappa shape index (κ2) is 5.64. The van der Waals surface area contributed by atoms with Crippen molar-refractivity contribution < 1.29 is 8.42 Å². The molecule has 3 atom stereocenters. The normalized spacial score (nSPS) is 27.2. The van der Waals surface area contributed by atoms with Gasteiger partial charge in [-0.1, -0.05) is 19.9 Å². The first kappa shape index (κ1) is 15.2. The molecule has 4 nitrogen and oxygen atoms in total. The molecule has 0 bridgehead atoms. The van der Waals surface area contributed by atoms with Gasteiger partial charge >= 0.3 is 0 Å². The van der Waals surface area contributed by atoms with Crippen LogP contribution in [0.25, 0.3) is 0 Å². The van der Waals surface area contributed by atoms with Crippen molar-refractivity contribution in [2.45, 2.75) is 44.0 Å². The predicted octanol–water partition coefficient (Wildman–Crippen LogP) is 2.91. The highest BCUT2D eigenvalue weighted by atomic mass is 32.2. The lowest BCUT2D eigenvalue weighted by molar-refractivity contribution is 0.261. The minimum Gasteiger partial charge on any atom is -0.396 e. The van der Waals surface area contributed by atoms with E-state index in [1.54, 1.807) is 12.1 Å². The largest absolute Gasteiger partial charge is 0.396 e. The number of anilines is 2. The first-order valence-corrected chi connectivity index (χ1v) is 9.03. The molecule has 1 aromatic rings. The topological polar surface area (TPSA) is 72.2 Å². The smallest absolute Gasteiger partial charge is 0.177 e. The number of sulfone groups is 1. The van der Waals surface area contributed by atoms with Gasteiger partial charge in [0.1, 0.15) is 0 Å². The van der Waals surface area contributed by atoms with E-state index in [9.17, 15) is 8.42 Å². The molecule has 3 N–H and O–H groups in total. The Morgan fingerprint density at radius 3 is 2.50 bits per heavy atom. The lowest BCUT2D eigenvalue weighted by Crippen LogP contribution is -2.30. The Kier molecular flexibility index (Phi) is 4.28. The van der Waals surface area contributed by atoms with Gasteiger partial charge in [-0.25, -0.2) is 8.42 Å². The van der Waals surface area contributed by atoms with Crippen LogP contribution in [-0.2, 0) is 9.84 Å². The van der Waals surface area contributed by atoms with Gasteiger partial charge in [0.05, 0.1) is 16.3 Å². The zero-order chi connectivity index (χ0) is 14.9. The summed E-state index contributed by atoms with van der Waals surface area (Å²) >= 11 is 0. The third-order valence-corrected chi connectivity index (χ3v) is 5.58. The second-order valence-electron chi connectivity index (χ2n) is 6.10. The lowest BCUT2D eigenvalue weighted by Gasteiger charge is -2.33. The molecule has 5 heteroatoms. The second-order valence-corrected chi connectivity index (χ2v) is 8.08. The molecule has 0 saturated heterocycles. The molecule has 0 spiro atoms. The molecule has 1 saturated carbocycles. The van der Waals surface area contributed by atoms with Gasteiger partial charge in [-0.3, -0.25) is 0 Å². The Morgan fingerprint density at radius 2 is 1.90 bits per heavy atom. The van der Waals surface area contributed by atoms with Crippen molar-refractivity contribution in [3.8, 4) is 0 Å². The number of benzene rings is 1. The first-order valence-electron chi connectivity index (χ1n) is 7.14. The van der Waals surface area contributed by atoms with Gasteiger partial charge in [0.15, 0.2) is 9.84 Å². The van der Waals surface area contributed by atoms with Crippen molar-refractivity contribution >= 4 is 21.2 Å². The number of hydrogen-bond acceptors (Lipinski definition) is 4. The van der Waals surface area contributed by atoms with E-state index < -0.39 is 9.84 Å². The van der Waals surface area contributed by atoms with E-state index in [4.69, 9.17) is 5.73 Å². The third kappa shape index (κ3) is 3.26. The van der Waals surface area contributed by atoms with Crippen molar-refractivity contribution in [1.82, 2.24) is 0 Å². The van der Waals surface area contributed by atoms with E-state index in [0.29, 0.717) is 17.6 Å². The van der Waals surface area contributed by atoms with Crippen molar-refractivity contribution in [1.29, 1.82) is 0 Å². The number of para-hydroxylation sites is 1. The molecule has 0 aliphatic heterocycles. The molecule has 0 aromatic heterocycles. The van der Waals surface area contributed by atoms with Crippen LogP contribution in [0.3, 0.4) is 0 Å². The number of nitrogen functional groups attached to an aromatic ring is 1. The first-order chi connectivity index (χ1) is 9.29. The maximum Gasteiger partial charge on any atom is 0.177 e. The van der Waals surface area contributed by atoms with Crippen LogP contribution >= 0.6 is 0 Å². The summed E-state index contributed by atoms with van der Waals surface area (Å²) in [4.78, 5) is 0.208. The summed E-state index contributed by atoms with van der Waals surface area (Å²) < 4.78 is 23.4. The van der Waals surface area contributed by atoms with Crippen LogP contribution in [0, 0.1) is 11.8 Å². The molecule has 20 heavy (non-hydrogen) atoms. The zero-order valence-electron chi connectivity index (χ0n) is 12.4. The molecule has 0 amide bonds. The Morgan fingerprint density at radius 1 is 1.20 bits per heavy atom. The fraction of sp³-hybridized carbons (Fsp3) is 0.600.